The summed E-state index contributed by atoms with van der Waals surface area (Å²) in [6, 6.07) is 12.8. The van der Waals surface area contributed by atoms with Gasteiger partial charge in [0.15, 0.2) is 36.2 Å². The molecule has 3 saturated heterocycles. The predicted octanol–water partition coefficient (Wildman–Crippen LogP) is 3.97. The largest absolute Gasteiger partial charge is 0.508 e. The number of hydrogen-bond acceptors (Lipinski definition) is 32. The number of nitrogens with one attached hydrogen (secondary N) is 9. The summed E-state index contributed by atoms with van der Waals surface area (Å²) < 4.78 is 83.0. The zero-order chi connectivity index (χ0) is 104. The average Bonchev–Trinajstić information content (AvgIpc) is 0.758. The lowest BCUT2D eigenvalue weighted by Crippen LogP contribution is -2.65. The minimum atomic E-state index is -5.69. The van der Waals surface area contributed by atoms with Gasteiger partial charge in [-0.1, -0.05) is 103 Å². The molecule has 7 aromatic carbocycles. The van der Waals surface area contributed by atoms with Crippen molar-refractivity contribution >= 4 is 109 Å². The maximum absolute atomic E-state index is 16.7. The molecular weight excluding hydrogens is 1970 g/mol. The van der Waals surface area contributed by atoms with Gasteiger partial charge in [-0.25, -0.2) is 4.79 Å². The molecule has 3 fully saturated rings. The highest BCUT2D eigenvalue weighted by atomic mass is 35.5. The molecule has 50 heteroatoms. The Bertz CT molecular complexity index is 6030. The van der Waals surface area contributed by atoms with Crippen molar-refractivity contribution in [1.29, 1.82) is 0 Å². The number of phenols is 3. The molecule has 0 spiro atoms. The number of benzene rings is 7. The molecule has 22 atom stereocenters. The highest BCUT2D eigenvalue weighted by Gasteiger charge is 2.54. The van der Waals surface area contributed by atoms with E-state index < -0.39 is 336 Å². The van der Waals surface area contributed by atoms with Crippen LogP contribution in [0.4, 0.5) is 0 Å². The lowest BCUT2D eigenvalue weighted by molar-refractivity contribution is -0.335. The number of aliphatic carboxylic acids is 1. The molecule has 142 heavy (non-hydrogen) atoms. The quantitative estimate of drug-likeness (QED) is 0.0256. The second-order valence-electron chi connectivity index (χ2n) is 36.2. The molecule has 8 heterocycles. The van der Waals surface area contributed by atoms with E-state index >= 15 is 24.0 Å². The Morgan fingerprint density at radius 3 is 1.81 bits per heavy atom. The third kappa shape index (κ3) is 25.2. The van der Waals surface area contributed by atoms with Crippen LogP contribution in [0.5, 0.6) is 46.0 Å². The van der Waals surface area contributed by atoms with Crippen molar-refractivity contribution in [3.8, 4) is 68.2 Å². The van der Waals surface area contributed by atoms with Crippen molar-refractivity contribution in [1.82, 2.24) is 47.9 Å². The number of esters is 1. The summed E-state index contributed by atoms with van der Waals surface area (Å²) in [6.45, 7) is 8.62. The number of carbonyl (C=O) groups excluding carboxylic acids is 9. The van der Waals surface area contributed by atoms with Gasteiger partial charge in [0.1, 0.15) is 96.1 Å². The van der Waals surface area contributed by atoms with Gasteiger partial charge in [-0.15, -0.1) is 0 Å². The third-order valence-electron chi connectivity index (χ3n) is 24.9. The van der Waals surface area contributed by atoms with Crippen molar-refractivity contribution < 1.29 is 165 Å². The number of aliphatic hydroxyl groups excluding tert-OH is 5. The molecule has 26 N–H and O–H groups in total. The van der Waals surface area contributed by atoms with Crippen molar-refractivity contribution in [2.45, 2.75) is 232 Å². The summed E-state index contributed by atoms with van der Waals surface area (Å²) >= 11 is 21.0. The summed E-state index contributed by atoms with van der Waals surface area (Å²) in [4.78, 5) is 187. The van der Waals surface area contributed by atoms with Crippen LogP contribution >= 0.6 is 50.0 Å². The fourth-order valence-electron chi connectivity index (χ4n) is 17.4. The summed E-state index contributed by atoms with van der Waals surface area (Å²) in [6.07, 6.45) is -27.3. The molecule has 15 rings (SSSR count). The average molecular weight is 2080 g/mol. The number of halogens is 3. The third-order valence-corrected chi connectivity index (χ3v) is 29.0. The van der Waals surface area contributed by atoms with Crippen LogP contribution in [-0.2, 0) is 92.0 Å². The van der Waals surface area contributed by atoms with Crippen molar-refractivity contribution in [3.63, 3.8) is 0 Å². The number of aliphatic hydroxyl groups is 5. The van der Waals surface area contributed by atoms with Crippen molar-refractivity contribution in [3.05, 3.63) is 176 Å². The second-order valence-corrected chi connectivity index (χ2v) is 41.2. The van der Waals surface area contributed by atoms with E-state index in [2.05, 4.69) is 42.5 Å². The highest BCUT2D eigenvalue weighted by Crippen LogP contribution is 2.59. The number of primary amides is 1. The van der Waals surface area contributed by atoms with Crippen LogP contribution in [0.3, 0.4) is 0 Å². The van der Waals surface area contributed by atoms with Gasteiger partial charge < -0.3 is 167 Å². The maximum atomic E-state index is 16.7. The molecule has 0 aliphatic carbocycles. The number of hydrogen-bond donors (Lipinski definition) is 24. The smallest absolute Gasteiger partial charge is 0.360 e. The number of rotatable bonds is 27. The SMILES string of the molecule is CN[C@H](CC(C)C)C(=O)N[C@H]1C(=O)N[C@@H](CC(N)=O)C(=O)N[C@H]2C(=O)N[C@H]3C(=O)N[C@H](C(=O)N[C@H](C(=O)O)c4cc(O)cc(O)c4-c4cc3ccc4O)[C@H](O[C@H]3C[C@](C)(N)[C@@H](O)[C@H](C)O3)c3ccc(c(Cl)c3)Oc3cc2cc(c3O[C@@H]2O[C@H](COC(=O)CCCC(=O)NC(P(=O)(O)O)P(=O)(O)O)[C@@H](O)[C@H](O)[C@H]2O[C@H]2C[C@](C)(NCc3ccc(-c4ccc(Cl)cc4)cc3)[C@@H](O)[C@H](C)O2)Oc2ccc(cc2Cl)[C@H]1O. The number of amides is 8. The molecule has 0 unspecified atom stereocenters. The monoisotopic (exact) mass is 2080 g/mol. The summed E-state index contributed by atoms with van der Waals surface area (Å²) in [5, 5.41) is 130. The van der Waals surface area contributed by atoms with Crippen molar-refractivity contribution in [2.75, 3.05) is 13.7 Å². The van der Waals surface area contributed by atoms with Crippen LogP contribution in [0.1, 0.15) is 150 Å². The summed E-state index contributed by atoms with van der Waals surface area (Å²) in [5.74, 6) is -20.0. The Morgan fingerprint density at radius 2 is 1.21 bits per heavy atom. The molecule has 7 aromatic rings. The van der Waals surface area contributed by atoms with Crippen LogP contribution in [0.25, 0.3) is 22.3 Å². The lowest BCUT2D eigenvalue weighted by Gasteiger charge is -2.48. The molecule has 11 bridgehead atoms. The van der Waals surface area contributed by atoms with Gasteiger partial charge in [0.25, 0.3) is 0 Å². The first-order chi connectivity index (χ1) is 66.8. The molecule has 8 amide bonds. The summed E-state index contributed by atoms with van der Waals surface area (Å²) in [5.41, 5.74) is 5.82. The van der Waals surface area contributed by atoms with E-state index in [1.165, 1.54) is 33.9 Å². The van der Waals surface area contributed by atoms with Gasteiger partial charge in [0.2, 0.25) is 64.8 Å². The maximum Gasteiger partial charge on any atom is 0.360 e. The highest BCUT2D eigenvalue weighted by molar-refractivity contribution is 7.70. The van der Waals surface area contributed by atoms with E-state index in [0.717, 1.165) is 89.5 Å². The minimum Gasteiger partial charge on any atom is -0.508 e. The van der Waals surface area contributed by atoms with E-state index in [0.29, 0.717) is 5.02 Å². The Hall–Kier alpha value is -11.3. The molecule has 0 radical (unpaired) electrons. The molecule has 0 aromatic heterocycles. The van der Waals surface area contributed by atoms with Crippen LogP contribution < -0.4 is 73.5 Å². The lowest BCUT2D eigenvalue weighted by atomic mass is 9.84. The van der Waals surface area contributed by atoms with Gasteiger partial charge in [0.05, 0.1) is 46.9 Å². The minimum absolute atomic E-state index is 0.0989. The first kappa shape index (κ1) is 108. The van der Waals surface area contributed by atoms with Crippen LogP contribution in [0.2, 0.25) is 15.1 Å². The van der Waals surface area contributed by atoms with Gasteiger partial charge in [-0.2, -0.15) is 0 Å². The van der Waals surface area contributed by atoms with E-state index in [4.69, 9.17) is 88.9 Å². The van der Waals surface area contributed by atoms with E-state index in [-0.39, 0.29) is 36.4 Å². The van der Waals surface area contributed by atoms with Crippen LogP contribution in [-0.4, -0.2) is 247 Å². The second kappa shape index (κ2) is 44.5. The fourth-order valence-corrected chi connectivity index (χ4v) is 20.1. The standard InChI is InChI=1S/C92H108Cl3N11O34P2/c1-38(2)25-54(98-7)82(118)105-72-74(113)45-18-23-58(52(94)27-45)135-60-29-47-30-61(78(60)140-89-79(76(115)75(114)62(137-89)37-132-65(112)10-8-9-64(111)101-90(141(126,127)128)142(129,130)131)139-67-35-92(6,81(117)40(4)134-67)99-36-41-11-13-42(14-12-41)43-15-20-48(93)21-16-43)136-59-24-19-46(28-53(59)95)77(138-66-34-91(5,97)80(116)39(3)133-66)73-87(123)104-71(88(124)125)51-31-49(107)32-57(109)68(51)50-26-44(17-22-56(50)108)69(84(120)106-73)103-85(121)70(47)102-83(119)55(33-63(96)110)100-86(72)122/h11-24,26-32,38-40,54-55,62,66-67,69-77,79-81,89-90,98-99,107-109,113-117H,8-10,25,33-37,97H2,1-7H3,(H2,96,110)(H,100,122)(H,101,111)(H,102,119)(H,103,121)(H,104,123)(H,105,118)(H,106,120)(H,124,125)(H2,126,127,128)(H2,129,130,131)/t39-,40-,54+,55-,62+,66-,67-,69+,70+,71-,72+,73-,74+,75+,76-,77+,79+,80-,81-,89-,91-,92-/m0/s1. The number of aromatic hydroxyl groups is 3. The number of likely N-dealkylation sites (N-methyl/N-ethyl adjacent to an activating group) is 1. The number of ether oxygens (including phenoxy) is 9. The van der Waals surface area contributed by atoms with E-state index in [1.807, 2.05) is 36.4 Å². The van der Waals surface area contributed by atoms with E-state index in [1.54, 1.807) is 38.2 Å². The Balaban J connectivity index is 1.02. The number of carbonyl (C=O) groups is 10. The summed E-state index contributed by atoms with van der Waals surface area (Å²) in [7, 11) is -9.94. The van der Waals surface area contributed by atoms with Gasteiger partial charge in [-0.3, -0.25) is 52.3 Å². The number of nitrogens with two attached hydrogens (primary N) is 2. The molecule has 0 saturated carbocycles. The Kier molecular flexibility index (Phi) is 33.8. The number of phenolic OH excluding ortho intramolecular Hbond substituents is 3. The Morgan fingerprint density at radius 1 is 0.627 bits per heavy atom. The van der Waals surface area contributed by atoms with Crippen LogP contribution in [0, 0.1) is 5.92 Å². The zero-order valence-electron chi connectivity index (χ0n) is 76.8. The molecule has 8 aliphatic heterocycles. The molecule has 8 aliphatic rings. The topological polar surface area (TPSA) is 711 Å². The zero-order valence-corrected chi connectivity index (χ0v) is 80.8. The predicted molar refractivity (Wildman–Crippen MR) is 499 cm³/mol. The Labute approximate surface area is 824 Å². The molecule has 45 nitrogen and oxygen atoms in total. The number of carboxylic acids is 1. The number of fused-ring (bicyclic) bond motifs is 15. The normalized spacial score (nSPS) is 27.8. The molecular formula is C92H108Cl3N11O34P2. The molecule has 766 valence electrons. The van der Waals surface area contributed by atoms with Crippen LogP contribution in [0.15, 0.2) is 127 Å². The van der Waals surface area contributed by atoms with Gasteiger partial charge >= 0.3 is 27.1 Å². The first-order valence-corrected chi connectivity index (χ1v) is 49.1. The van der Waals surface area contributed by atoms with E-state index in [9.17, 15) is 98.6 Å². The number of carboxylic acid groups (broad SMARTS) is 1. The van der Waals surface area contributed by atoms with Gasteiger partial charge in [-0.05, 0) is 159 Å². The van der Waals surface area contributed by atoms with Gasteiger partial charge in [0, 0.05) is 71.1 Å². The fraction of sp³-hybridized carbons (Fsp3) is 0.435. The first-order valence-electron chi connectivity index (χ1n) is 44.6. The van der Waals surface area contributed by atoms with Crippen molar-refractivity contribution in [2.24, 2.45) is 17.4 Å².